The lowest BCUT2D eigenvalue weighted by Gasteiger charge is -2.17. The van der Waals surface area contributed by atoms with Crippen LogP contribution in [0, 0.1) is 18.8 Å². The Morgan fingerprint density at radius 2 is 1.93 bits per heavy atom. The Morgan fingerprint density at radius 3 is 2.57 bits per heavy atom. The highest BCUT2D eigenvalue weighted by atomic mass is 16.3. The quantitative estimate of drug-likeness (QED) is 0.733. The van der Waals surface area contributed by atoms with Gasteiger partial charge in [-0.25, -0.2) is 0 Å². The largest absolute Gasteiger partial charge is 0.393 e. The number of fused-ring (bicyclic) bond motifs is 1. The predicted octanol–water partition coefficient (Wildman–Crippen LogP) is 1.66. The summed E-state index contributed by atoms with van der Waals surface area (Å²) in [4.78, 5) is 25.1. The van der Waals surface area contributed by atoms with Crippen LogP contribution < -0.4 is 10.6 Å². The summed E-state index contributed by atoms with van der Waals surface area (Å²) >= 11 is 0. The number of carbonyl (C=O) groups excluding carboxylic acids is 2. The second-order valence-electron chi connectivity index (χ2n) is 7.98. The molecule has 0 aliphatic heterocycles. The molecule has 2 saturated carbocycles. The third-order valence-corrected chi connectivity index (χ3v) is 6.04. The molecular formula is C21H26N4O3. The van der Waals surface area contributed by atoms with E-state index in [9.17, 15) is 14.7 Å². The number of hydrogen-bond donors (Lipinski definition) is 3. The minimum absolute atomic E-state index is 0.108. The molecule has 28 heavy (non-hydrogen) atoms. The fourth-order valence-electron chi connectivity index (χ4n) is 4.42. The van der Waals surface area contributed by atoms with Crippen LogP contribution in [0.4, 0.5) is 0 Å². The summed E-state index contributed by atoms with van der Waals surface area (Å²) in [5, 5.41) is 19.8. The van der Waals surface area contributed by atoms with Gasteiger partial charge in [-0.1, -0.05) is 29.8 Å². The first-order valence-corrected chi connectivity index (χ1v) is 9.76. The molecule has 2 aliphatic rings. The number of carbonyl (C=O) groups is 2. The lowest BCUT2D eigenvalue weighted by atomic mass is 10.1. The van der Waals surface area contributed by atoms with Crippen LogP contribution in [0.25, 0.3) is 0 Å². The van der Waals surface area contributed by atoms with Crippen LogP contribution in [0.2, 0.25) is 0 Å². The highest BCUT2D eigenvalue weighted by molar-refractivity contribution is 5.98. The molecule has 1 heterocycles. The zero-order chi connectivity index (χ0) is 20.0. The number of nitrogens with zero attached hydrogens (tertiary/aromatic N) is 2. The maximum Gasteiger partial charge on any atom is 0.271 e. The first kappa shape index (κ1) is 18.7. The van der Waals surface area contributed by atoms with E-state index in [1.807, 2.05) is 32.0 Å². The topological polar surface area (TPSA) is 96.3 Å². The van der Waals surface area contributed by atoms with Gasteiger partial charge in [-0.3, -0.25) is 14.3 Å². The summed E-state index contributed by atoms with van der Waals surface area (Å²) in [5.74, 6) is 0.178. The Morgan fingerprint density at radius 1 is 1.21 bits per heavy atom. The number of aromatic nitrogens is 2. The molecule has 2 fully saturated rings. The van der Waals surface area contributed by atoms with Crippen molar-refractivity contribution in [2.24, 2.45) is 11.8 Å². The molecule has 0 bridgehead atoms. The highest BCUT2D eigenvalue weighted by Gasteiger charge is 2.56. The van der Waals surface area contributed by atoms with Crippen molar-refractivity contribution in [1.82, 2.24) is 20.4 Å². The first-order chi connectivity index (χ1) is 13.4. The third-order valence-electron chi connectivity index (χ3n) is 6.04. The number of aryl methyl sites for hydroxylation is 1. The van der Waals surface area contributed by atoms with Gasteiger partial charge in [0.05, 0.1) is 12.1 Å². The van der Waals surface area contributed by atoms with Crippen LogP contribution in [-0.2, 0) is 0 Å². The number of hydrogen-bond acceptors (Lipinski definition) is 4. The molecule has 3 N–H and O–H groups in total. The third kappa shape index (κ3) is 3.30. The van der Waals surface area contributed by atoms with Crippen LogP contribution in [0.15, 0.2) is 30.3 Å². The van der Waals surface area contributed by atoms with E-state index < -0.39 is 0 Å². The van der Waals surface area contributed by atoms with Gasteiger partial charge in [0, 0.05) is 19.2 Å². The lowest BCUT2D eigenvalue weighted by Crippen LogP contribution is -2.32. The molecule has 4 rings (SSSR count). The van der Waals surface area contributed by atoms with Crippen LogP contribution in [0.1, 0.15) is 57.9 Å². The summed E-state index contributed by atoms with van der Waals surface area (Å²) in [5.41, 5.74) is 2.74. The van der Waals surface area contributed by atoms with E-state index in [0.717, 1.165) is 24.0 Å². The second kappa shape index (κ2) is 7.05. The molecule has 148 valence electrons. The Kier molecular flexibility index (Phi) is 4.71. The van der Waals surface area contributed by atoms with Crippen molar-refractivity contribution in [3.63, 3.8) is 0 Å². The molecule has 0 radical (unpaired) electrons. The van der Waals surface area contributed by atoms with Crippen molar-refractivity contribution >= 4 is 11.8 Å². The molecule has 0 spiro atoms. The molecular weight excluding hydrogens is 356 g/mol. The summed E-state index contributed by atoms with van der Waals surface area (Å²) < 4.78 is 1.63. The fraction of sp³-hybridized carbons (Fsp3) is 0.476. The van der Waals surface area contributed by atoms with Gasteiger partial charge >= 0.3 is 0 Å². The number of aliphatic hydroxyl groups excluding tert-OH is 1. The van der Waals surface area contributed by atoms with Crippen molar-refractivity contribution in [1.29, 1.82) is 0 Å². The van der Waals surface area contributed by atoms with Gasteiger partial charge in [-0.15, -0.1) is 0 Å². The summed E-state index contributed by atoms with van der Waals surface area (Å²) in [6.07, 6.45) is 1.26. The fourth-order valence-corrected chi connectivity index (χ4v) is 4.42. The standard InChI is InChI=1S/C21H26N4O3/c1-11-5-4-6-13(7-11)12(2)25-18(10-17(24-25)20(27)22-3)21(28)23-19-15-8-14(26)9-16(15)19/h4-7,10,12,14-16,19,26H,8-9H2,1-3H3,(H,22,27)(H,23,28)/t12-,14?,15-,16+,19?/m0/s1. The SMILES string of the molecule is CNC(=O)c1cc(C(=O)NC2[C@H]3CC(O)C[C@@H]23)n([C@@H](C)c2cccc(C)c2)n1. The number of benzene rings is 1. The molecule has 0 saturated heterocycles. The Balaban J connectivity index is 1.61. The summed E-state index contributed by atoms with van der Waals surface area (Å²) in [6, 6.07) is 9.50. The van der Waals surface area contributed by atoms with E-state index in [1.165, 1.54) is 0 Å². The number of amides is 2. The van der Waals surface area contributed by atoms with Gasteiger partial charge in [0.15, 0.2) is 5.69 Å². The molecule has 1 aromatic carbocycles. The van der Waals surface area contributed by atoms with Crippen molar-refractivity contribution in [3.8, 4) is 0 Å². The normalized spacial score (nSPS) is 26.4. The Labute approximate surface area is 164 Å². The summed E-state index contributed by atoms with van der Waals surface area (Å²) in [7, 11) is 1.54. The van der Waals surface area contributed by atoms with E-state index in [-0.39, 0.29) is 35.7 Å². The molecule has 2 amide bonds. The van der Waals surface area contributed by atoms with Gasteiger partial charge in [0.25, 0.3) is 11.8 Å². The van der Waals surface area contributed by atoms with Crippen molar-refractivity contribution < 1.29 is 14.7 Å². The van der Waals surface area contributed by atoms with Gasteiger partial charge in [0.2, 0.25) is 0 Å². The zero-order valence-electron chi connectivity index (χ0n) is 16.3. The maximum atomic E-state index is 13.0. The molecule has 2 unspecified atom stereocenters. The van der Waals surface area contributed by atoms with E-state index in [4.69, 9.17) is 0 Å². The monoisotopic (exact) mass is 382 g/mol. The van der Waals surface area contributed by atoms with Gasteiger partial charge in [0.1, 0.15) is 5.69 Å². The smallest absolute Gasteiger partial charge is 0.271 e. The molecule has 1 aromatic heterocycles. The average Bonchev–Trinajstić information content (AvgIpc) is 3.06. The molecule has 5 atom stereocenters. The molecule has 2 aromatic rings. The van der Waals surface area contributed by atoms with Crippen molar-refractivity contribution in [3.05, 3.63) is 52.8 Å². The summed E-state index contributed by atoms with van der Waals surface area (Å²) in [6.45, 7) is 3.98. The predicted molar refractivity (Wildman–Crippen MR) is 104 cm³/mol. The first-order valence-electron chi connectivity index (χ1n) is 9.76. The van der Waals surface area contributed by atoms with Crippen molar-refractivity contribution in [2.45, 2.75) is 44.9 Å². The van der Waals surface area contributed by atoms with E-state index in [1.54, 1.807) is 17.8 Å². The van der Waals surface area contributed by atoms with E-state index in [0.29, 0.717) is 17.5 Å². The molecule has 7 nitrogen and oxygen atoms in total. The van der Waals surface area contributed by atoms with Gasteiger partial charge < -0.3 is 15.7 Å². The van der Waals surface area contributed by atoms with Gasteiger partial charge in [-0.05, 0) is 44.1 Å². The zero-order valence-corrected chi connectivity index (χ0v) is 16.3. The molecule has 2 aliphatic carbocycles. The maximum absolute atomic E-state index is 13.0. The van der Waals surface area contributed by atoms with Crippen LogP contribution in [0.5, 0.6) is 0 Å². The van der Waals surface area contributed by atoms with Crippen LogP contribution in [-0.4, -0.2) is 45.9 Å². The van der Waals surface area contributed by atoms with Crippen molar-refractivity contribution in [2.75, 3.05) is 7.05 Å². The van der Waals surface area contributed by atoms with Crippen LogP contribution >= 0.6 is 0 Å². The second-order valence-corrected chi connectivity index (χ2v) is 7.98. The Bertz CT molecular complexity index is 910. The Hall–Kier alpha value is -2.67. The number of nitrogens with one attached hydrogen (secondary N) is 2. The minimum atomic E-state index is -0.323. The van der Waals surface area contributed by atoms with Crippen LogP contribution in [0.3, 0.4) is 0 Å². The van der Waals surface area contributed by atoms with E-state index in [2.05, 4.69) is 21.8 Å². The number of aliphatic hydroxyl groups is 1. The average molecular weight is 382 g/mol. The van der Waals surface area contributed by atoms with E-state index >= 15 is 0 Å². The number of rotatable bonds is 5. The highest BCUT2D eigenvalue weighted by Crippen LogP contribution is 2.52. The molecule has 7 heteroatoms. The lowest BCUT2D eigenvalue weighted by molar-refractivity contribution is 0.0923. The minimum Gasteiger partial charge on any atom is -0.393 e. The van der Waals surface area contributed by atoms with Gasteiger partial charge in [-0.2, -0.15) is 5.10 Å².